The summed E-state index contributed by atoms with van der Waals surface area (Å²) in [6, 6.07) is 0. The van der Waals surface area contributed by atoms with Crippen molar-refractivity contribution in [3.8, 4) is 0 Å². The lowest BCUT2D eigenvalue weighted by molar-refractivity contribution is -0.127. The quantitative estimate of drug-likeness (QED) is 0.722. The average Bonchev–Trinajstić information content (AvgIpc) is 2.91. The Morgan fingerprint density at radius 1 is 1.26 bits per heavy atom. The van der Waals surface area contributed by atoms with Crippen LogP contribution in [-0.2, 0) is 4.79 Å². The van der Waals surface area contributed by atoms with Crippen LogP contribution in [0, 0.1) is 34.5 Å². The van der Waals surface area contributed by atoms with Gasteiger partial charge in [-0.2, -0.15) is 0 Å². The topological polar surface area (TPSA) is 37.3 Å². The van der Waals surface area contributed by atoms with Crippen molar-refractivity contribution < 1.29 is 12.6 Å². The summed E-state index contributed by atoms with van der Waals surface area (Å²) in [7, 11) is 0. The van der Waals surface area contributed by atoms with Crippen LogP contribution in [0.1, 0.15) is 74.8 Å². The summed E-state index contributed by atoms with van der Waals surface area (Å²) in [6.07, 6.45) is 9.45. The molecule has 0 aromatic heterocycles. The lowest BCUT2D eigenvalue weighted by atomic mass is 9.47. The van der Waals surface area contributed by atoms with E-state index in [1.165, 1.54) is 5.57 Å². The molecule has 4 aliphatic carbocycles. The summed E-state index contributed by atoms with van der Waals surface area (Å²) in [4.78, 5) is 12.2. The lowest BCUT2D eigenvalue weighted by Gasteiger charge is -2.57. The van der Waals surface area contributed by atoms with Gasteiger partial charge in [0.05, 0.1) is 6.10 Å². The molecule has 23 heavy (non-hydrogen) atoms. The van der Waals surface area contributed by atoms with Crippen LogP contribution in [-0.4, -0.2) is 17.0 Å². The fraction of sp³-hybridized carbons (Fsp3) is 0.857. The molecule has 0 saturated heterocycles. The van der Waals surface area contributed by atoms with Crippen LogP contribution in [0.5, 0.6) is 0 Å². The van der Waals surface area contributed by atoms with Gasteiger partial charge < -0.3 is 5.11 Å². The Kier molecular flexibility index (Phi) is 3.07. The zero-order chi connectivity index (χ0) is 18.0. The van der Waals surface area contributed by atoms with Gasteiger partial charge in [-0.1, -0.05) is 25.4 Å². The molecule has 0 heterocycles. The van der Waals surface area contributed by atoms with Gasteiger partial charge in [-0.15, -0.1) is 0 Å². The molecule has 4 rings (SSSR count). The normalized spacial score (nSPS) is 53.6. The number of aliphatic hydroxyl groups excluding tert-OH is 1. The van der Waals surface area contributed by atoms with Gasteiger partial charge in [0.25, 0.3) is 0 Å². The van der Waals surface area contributed by atoms with Gasteiger partial charge in [-0.25, -0.2) is 0 Å². The Balaban J connectivity index is 1.71. The first-order valence-corrected chi connectivity index (χ1v) is 9.53. The van der Waals surface area contributed by atoms with Crippen LogP contribution in [0.25, 0.3) is 0 Å². The molecule has 128 valence electrons. The van der Waals surface area contributed by atoms with Gasteiger partial charge in [-0.3, -0.25) is 4.79 Å². The first-order chi connectivity index (χ1) is 11.8. The maximum atomic E-state index is 12.2. The van der Waals surface area contributed by atoms with Gasteiger partial charge in [0, 0.05) is 8.66 Å². The summed E-state index contributed by atoms with van der Waals surface area (Å²) >= 11 is 0. The summed E-state index contributed by atoms with van der Waals surface area (Å²) in [5, 5.41) is 10.1. The molecule has 4 aliphatic rings. The number of hydrogen-bond acceptors (Lipinski definition) is 2. The third-order valence-corrected chi connectivity index (χ3v) is 8.17. The number of carbonyl (C=O) groups excluding carboxylic acids is 1. The molecule has 0 unspecified atom stereocenters. The fourth-order valence-corrected chi connectivity index (χ4v) is 7.01. The first kappa shape index (κ1) is 13.6. The van der Waals surface area contributed by atoms with Gasteiger partial charge in [0.1, 0.15) is 5.78 Å². The lowest BCUT2D eigenvalue weighted by Crippen LogP contribution is -2.50. The number of carbonyl (C=O) groups is 1. The van der Waals surface area contributed by atoms with Crippen LogP contribution >= 0.6 is 0 Å². The maximum Gasteiger partial charge on any atom is 0.133 e. The second-order valence-electron chi connectivity index (χ2n) is 9.06. The number of aliphatic hydroxyl groups is 1. The number of fused-ring (bicyclic) bond motifs is 5. The predicted octanol–water partition coefficient (Wildman–Crippen LogP) is 4.52. The Morgan fingerprint density at radius 3 is 2.83 bits per heavy atom. The van der Waals surface area contributed by atoms with E-state index < -0.39 is 6.88 Å². The van der Waals surface area contributed by atoms with Crippen LogP contribution in [0.3, 0.4) is 0 Å². The highest BCUT2D eigenvalue weighted by Crippen LogP contribution is 2.66. The van der Waals surface area contributed by atoms with Gasteiger partial charge >= 0.3 is 0 Å². The molecule has 3 saturated carbocycles. The highest BCUT2D eigenvalue weighted by atomic mass is 16.3. The van der Waals surface area contributed by atoms with Crippen molar-refractivity contribution in [2.75, 3.05) is 0 Å². The molecule has 0 spiro atoms. The van der Waals surface area contributed by atoms with E-state index in [9.17, 15) is 9.90 Å². The molecule has 0 aliphatic heterocycles. The Labute approximate surface area is 143 Å². The number of hydrogen-bond donors (Lipinski definition) is 1. The molecule has 0 radical (unpaired) electrons. The number of Topliss-reactive ketones (excluding diaryl/α,β-unsaturated/α-hetero) is 1. The summed E-state index contributed by atoms with van der Waals surface area (Å²) in [6.45, 7) is 3.24. The molecule has 2 heteroatoms. The highest BCUT2D eigenvalue weighted by molar-refractivity contribution is 5.79. The third-order valence-electron chi connectivity index (χ3n) is 8.17. The molecule has 1 N–H and O–H groups in total. The van der Waals surface area contributed by atoms with Crippen LogP contribution < -0.4 is 0 Å². The monoisotopic (exact) mass is 318 g/mol. The Hall–Kier alpha value is -0.630. The van der Waals surface area contributed by atoms with E-state index in [0.717, 1.165) is 44.9 Å². The molecule has 0 aromatic rings. The minimum atomic E-state index is -0.853. The summed E-state index contributed by atoms with van der Waals surface area (Å²) in [5.41, 5.74) is 0.970. The average molecular weight is 318 g/mol. The zero-order valence-electron chi connectivity index (χ0n) is 16.6. The van der Waals surface area contributed by atoms with E-state index in [2.05, 4.69) is 13.0 Å². The van der Waals surface area contributed by atoms with Crippen molar-refractivity contribution in [3.05, 3.63) is 11.6 Å². The van der Waals surface area contributed by atoms with Crippen molar-refractivity contribution in [3.63, 3.8) is 0 Å². The minimum Gasteiger partial charge on any atom is -0.393 e. The third kappa shape index (κ3) is 2.13. The second-order valence-corrected chi connectivity index (χ2v) is 9.06. The SMILES string of the molecule is [2H]C([2H])[C@]12CC[C@H](O)CC1=CC[C@H]1[C@@H]3CC[C@H](C(C)=O)[C@@]3(C)CC[C@@H]12. The van der Waals surface area contributed by atoms with E-state index in [-0.39, 0.29) is 22.9 Å². The number of ketones is 1. The maximum absolute atomic E-state index is 12.2. The second kappa shape index (κ2) is 5.18. The largest absolute Gasteiger partial charge is 0.393 e. The van der Waals surface area contributed by atoms with E-state index >= 15 is 0 Å². The van der Waals surface area contributed by atoms with E-state index in [4.69, 9.17) is 2.74 Å². The van der Waals surface area contributed by atoms with Gasteiger partial charge in [0.15, 0.2) is 0 Å². The van der Waals surface area contributed by atoms with Gasteiger partial charge in [0.2, 0.25) is 0 Å². The molecular weight excluding hydrogens is 284 g/mol. The first-order valence-electron chi connectivity index (χ1n) is 10.7. The zero-order valence-corrected chi connectivity index (χ0v) is 14.6. The molecular formula is C21H32O2. The van der Waals surface area contributed by atoms with Crippen LogP contribution in [0.15, 0.2) is 11.6 Å². The molecule has 7 atom stereocenters. The smallest absolute Gasteiger partial charge is 0.133 e. The molecule has 0 aromatic carbocycles. The van der Waals surface area contributed by atoms with Crippen molar-refractivity contribution in [1.29, 1.82) is 0 Å². The molecule has 2 nitrogen and oxygen atoms in total. The summed E-state index contributed by atoms with van der Waals surface area (Å²) < 4.78 is 16.8. The Morgan fingerprint density at radius 2 is 2.09 bits per heavy atom. The van der Waals surface area contributed by atoms with E-state index in [1.807, 2.05) is 0 Å². The predicted molar refractivity (Wildman–Crippen MR) is 91.9 cm³/mol. The van der Waals surface area contributed by atoms with Gasteiger partial charge in [-0.05, 0) is 86.9 Å². The van der Waals surface area contributed by atoms with Crippen molar-refractivity contribution in [2.24, 2.45) is 34.5 Å². The number of rotatable bonds is 1. The fourth-order valence-electron chi connectivity index (χ4n) is 7.01. The molecule has 0 bridgehead atoms. The highest BCUT2D eigenvalue weighted by Gasteiger charge is 2.59. The molecule has 3 fully saturated rings. The van der Waals surface area contributed by atoms with Crippen LogP contribution in [0.4, 0.5) is 0 Å². The van der Waals surface area contributed by atoms with Crippen molar-refractivity contribution in [1.82, 2.24) is 0 Å². The van der Waals surface area contributed by atoms with Crippen molar-refractivity contribution in [2.45, 2.75) is 78.2 Å². The van der Waals surface area contributed by atoms with Crippen molar-refractivity contribution >= 4 is 5.78 Å². The standard InChI is InChI=1S/C21H32O2/c1-13(22)17-6-7-18-16-5-4-14-12-15(23)8-10-20(14,2)19(16)9-11-21(17,18)3/h4,15-19,23H,5-12H2,1-3H3/t15-,16-,17+,18-,19-,20-,21+/m0/s1/i2D2. The number of allylic oxidation sites excluding steroid dienone is 1. The van der Waals surface area contributed by atoms with Crippen LogP contribution in [0.2, 0.25) is 0 Å². The minimum absolute atomic E-state index is 0.118. The van der Waals surface area contributed by atoms with E-state index in [1.54, 1.807) is 6.92 Å². The van der Waals surface area contributed by atoms with E-state index in [0.29, 0.717) is 30.0 Å². The summed E-state index contributed by atoms with van der Waals surface area (Å²) in [5.74, 6) is 2.02. The molecule has 0 amide bonds. The Bertz CT molecular complexity index is 601.